The maximum Gasteiger partial charge on any atom is 0.178 e. The van der Waals surface area contributed by atoms with Crippen LogP contribution in [0.15, 0.2) is 115 Å². The van der Waals surface area contributed by atoms with Gasteiger partial charge in [0.05, 0.1) is 0 Å². The van der Waals surface area contributed by atoms with Gasteiger partial charge in [0.1, 0.15) is 5.75 Å². The van der Waals surface area contributed by atoms with E-state index < -0.39 is 5.60 Å². The average molecular weight is 571 g/mol. The van der Waals surface area contributed by atoms with Gasteiger partial charge in [-0.05, 0) is 58.9 Å². The molecule has 0 N–H and O–H groups in total. The van der Waals surface area contributed by atoms with Gasteiger partial charge in [-0.3, -0.25) is 0 Å². The van der Waals surface area contributed by atoms with Gasteiger partial charge in [-0.25, -0.2) is 0 Å². The summed E-state index contributed by atoms with van der Waals surface area (Å²) < 4.78 is 7.28. The molecular formula is C42H50O. The molecule has 0 saturated carbocycles. The van der Waals surface area contributed by atoms with E-state index in [1.807, 2.05) is 55.4 Å². The van der Waals surface area contributed by atoms with Crippen LogP contribution >= 0.6 is 0 Å². The molecule has 0 fully saturated rings. The third-order valence-electron chi connectivity index (χ3n) is 7.62. The van der Waals surface area contributed by atoms with Gasteiger partial charge in [0.15, 0.2) is 5.60 Å². The lowest BCUT2D eigenvalue weighted by Crippen LogP contribution is -2.34. The zero-order valence-electron chi connectivity index (χ0n) is 27.6. The molecule has 43 heavy (non-hydrogen) atoms. The van der Waals surface area contributed by atoms with Gasteiger partial charge in [-0.2, -0.15) is 0 Å². The van der Waals surface area contributed by atoms with E-state index >= 15 is 0 Å². The summed E-state index contributed by atoms with van der Waals surface area (Å²) in [6.45, 7) is 16.0. The van der Waals surface area contributed by atoms with Crippen LogP contribution in [0.2, 0.25) is 0 Å². The Labute approximate surface area is 261 Å². The molecule has 224 valence electrons. The summed E-state index contributed by atoms with van der Waals surface area (Å²) in [6, 6.07) is 39.0. The van der Waals surface area contributed by atoms with Crippen molar-refractivity contribution in [1.29, 1.82) is 0 Å². The van der Waals surface area contributed by atoms with Crippen LogP contribution in [0.3, 0.4) is 0 Å². The van der Waals surface area contributed by atoms with Crippen LogP contribution in [0.5, 0.6) is 5.75 Å². The number of fused-ring (bicyclic) bond motifs is 8. The highest BCUT2D eigenvalue weighted by Crippen LogP contribution is 2.51. The number of benzene rings is 5. The van der Waals surface area contributed by atoms with Crippen molar-refractivity contribution in [3.05, 3.63) is 143 Å². The molecule has 0 bridgehead atoms. The van der Waals surface area contributed by atoms with Gasteiger partial charge in [-0.15, -0.1) is 0 Å². The van der Waals surface area contributed by atoms with E-state index in [0.717, 1.165) is 36.1 Å². The Morgan fingerprint density at radius 1 is 0.535 bits per heavy atom. The Morgan fingerprint density at radius 3 is 1.65 bits per heavy atom. The highest BCUT2D eigenvalue weighted by Gasteiger charge is 2.39. The molecule has 0 atom stereocenters. The molecule has 1 heterocycles. The second-order valence-electron chi connectivity index (χ2n) is 9.56. The quantitative estimate of drug-likeness (QED) is 0.205. The molecule has 1 heteroatoms. The molecule has 5 aromatic rings. The normalized spacial score (nSPS) is 13.1. The van der Waals surface area contributed by atoms with Crippen molar-refractivity contribution < 1.29 is 4.74 Å². The molecular weight excluding hydrogens is 520 g/mol. The number of ether oxygens (including phenoxy) is 1. The molecule has 0 spiro atoms. The van der Waals surface area contributed by atoms with Crippen LogP contribution in [-0.4, -0.2) is 0 Å². The Bertz CT molecular complexity index is 1540. The molecule has 2 aliphatic rings. The van der Waals surface area contributed by atoms with Gasteiger partial charge in [0.25, 0.3) is 0 Å². The Kier molecular flexibility index (Phi) is 12.8. The maximum absolute atomic E-state index is 7.28. The van der Waals surface area contributed by atoms with Gasteiger partial charge >= 0.3 is 0 Å². The lowest BCUT2D eigenvalue weighted by Gasteiger charge is -2.38. The fourth-order valence-electron chi connectivity index (χ4n) is 6.01. The number of aryl methyl sites for hydroxylation is 1. The minimum atomic E-state index is -0.669. The predicted octanol–water partition coefficient (Wildman–Crippen LogP) is 12.4. The summed E-state index contributed by atoms with van der Waals surface area (Å²) in [5.41, 5.74) is 8.27. The van der Waals surface area contributed by atoms with Crippen LogP contribution in [0.4, 0.5) is 0 Å². The van der Waals surface area contributed by atoms with E-state index in [1.165, 1.54) is 38.6 Å². The maximum atomic E-state index is 7.28. The van der Waals surface area contributed by atoms with Gasteiger partial charge in [-0.1, -0.05) is 165 Å². The topological polar surface area (TPSA) is 9.23 Å². The van der Waals surface area contributed by atoms with Crippen LogP contribution in [0, 0.1) is 0 Å². The summed E-state index contributed by atoms with van der Waals surface area (Å²) in [7, 11) is 0. The fraction of sp³-hybridized carbons (Fsp3) is 0.286. The monoisotopic (exact) mass is 570 g/mol. The third-order valence-corrected chi connectivity index (χ3v) is 7.62. The summed E-state index contributed by atoms with van der Waals surface area (Å²) in [6.07, 6.45) is 7.77. The summed E-state index contributed by atoms with van der Waals surface area (Å²) in [5, 5.41) is 2.57. The molecule has 0 radical (unpaired) electrons. The highest BCUT2D eigenvalue weighted by molar-refractivity contribution is 6.06. The van der Waals surface area contributed by atoms with Crippen molar-refractivity contribution in [1.82, 2.24) is 0 Å². The Balaban J connectivity index is 0.000000588. The zero-order valence-corrected chi connectivity index (χ0v) is 27.6. The molecule has 0 unspecified atom stereocenters. The van der Waals surface area contributed by atoms with E-state index in [1.54, 1.807) is 0 Å². The third kappa shape index (κ3) is 6.47. The van der Waals surface area contributed by atoms with Crippen LogP contribution < -0.4 is 4.74 Å². The molecule has 0 aromatic heterocycles. The second kappa shape index (κ2) is 16.5. The minimum absolute atomic E-state index is 0.669. The van der Waals surface area contributed by atoms with E-state index in [-0.39, 0.29) is 0 Å². The largest absolute Gasteiger partial charge is 0.473 e. The Morgan fingerprint density at radius 2 is 1.05 bits per heavy atom. The fourth-order valence-corrected chi connectivity index (χ4v) is 6.01. The zero-order chi connectivity index (χ0) is 31.2. The van der Waals surface area contributed by atoms with Crippen molar-refractivity contribution in [2.75, 3.05) is 0 Å². The van der Waals surface area contributed by atoms with Gasteiger partial charge in [0.2, 0.25) is 0 Å². The molecule has 7 rings (SSSR count). The van der Waals surface area contributed by atoms with Crippen LogP contribution in [0.1, 0.15) is 89.6 Å². The van der Waals surface area contributed by atoms with E-state index in [2.05, 4.69) is 121 Å². The molecule has 5 aromatic carbocycles. The lowest BCUT2D eigenvalue weighted by atomic mass is 9.81. The lowest BCUT2D eigenvalue weighted by molar-refractivity contribution is 0.159. The van der Waals surface area contributed by atoms with Crippen LogP contribution in [-0.2, 0) is 18.4 Å². The predicted molar refractivity (Wildman–Crippen MR) is 190 cm³/mol. The first-order valence-corrected chi connectivity index (χ1v) is 16.5. The SMILES string of the molecule is C1=CC(c2ccccc2)(c2ccccc2)Oc2c3c(c4ccccc4c21)-c1ccccc1CCC3.CC.CC.CC.CC. The van der Waals surface area contributed by atoms with Gasteiger partial charge in [0, 0.05) is 22.3 Å². The second-order valence-corrected chi connectivity index (χ2v) is 9.56. The molecule has 1 nitrogen and oxygen atoms in total. The average Bonchev–Trinajstić information content (AvgIpc) is 3.33. The number of rotatable bonds is 2. The first-order chi connectivity index (χ1) is 21.4. The van der Waals surface area contributed by atoms with Crippen molar-refractivity contribution in [3.63, 3.8) is 0 Å². The van der Waals surface area contributed by atoms with Crippen molar-refractivity contribution in [2.24, 2.45) is 0 Å². The Hall–Kier alpha value is -4.10. The van der Waals surface area contributed by atoms with Crippen LogP contribution in [0.25, 0.3) is 28.0 Å². The first-order valence-electron chi connectivity index (χ1n) is 16.5. The first kappa shape index (κ1) is 33.4. The summed E-state index contributed by atoms with van der Waals surface area (Å²) >= 11 is 0. The minimum Gasteiger partial charge on any atom is -0.473 e. The standard InChI is InChI=1S/C34H26O.4C2H6/c1-3-14-25(15-4-1)34(26-16-5-2-6-17-26)23-22-30-28-19-9-10-20-29(28)32-27-18-8-7-12-24(27)13-11-21-31(32)33(30)35-34;4*1-2/h1-10,12,14-20,22-23H,11,13,21H2;4*1-2H3. The van der Waals surface area contributed by atoms with E-state index in [9.17, 15) is 0 Å². The smallest absolute Gasteiger partial charge is 0.178 e. The summed E-state index contributed by atoms with van der Waals surface area (Å²) in [4.78, 5) is 0. The van der Waals surface area contributed by atoms with Crippen molar-refractivity contribution in [3.8, 4) is 16.9 Å². The van der Waals surface area contributed by atoms with Gasteiger partial charge < -0.3 is 4.74 Å². The summed E-state index contributed by atoms with van der Waals surface area (Å²) in [5.74, 6) is 1.03. The number of hydrogen-bond donors (Lipinski definition) is 0. The van der Waals surface area contributed by atoms with E-state index in [4.69, 9.17) is 4.74 Å². The van der Waals surface area contributed by atoms with Crippen molar-refractivity contribution in [2.45, 2.75) is 80.3 Å². The van der Waals surface area contributed by atoms with Crippen molar-refractivity contribution >= 4 is 16.8 Å². The molecule has 0 saturated heterocycles. The highest BCUT2D eigenvalue weighted by atomic mass is 16.5. The molecule has 1 aliphatic heterocycles. The molecule has 0 amide bonds. The molecule has 1 aliphatic carbocycles. The number of hydrogen-bond acceptors (Lipinski definition) is 1. The van der Waals surface area contributed by atoms with E-state index in [0.29, 0.717) is 0 Å².